The molecular formula is C28H31N5O2. The highest BCUT2D eigenvalue weighted by Gasteiger charge is 2.44. The summed E-state index contributed by atoms with van der Waals surface area (Å²) in [6, 6.07) is 14.9. The van der Waals surface area contributed by atoms with Crippen LogP contribution in [-0.2, 0) is 11.2 Å². The van der Waals surface area contributed by atoms with E-state index in [9.17, 15) is 9.90 Å². The lowest BCUT2D eigenvalue weighted by atomic mass is 9.89. The summed E-state index contributed by atoms with van der Waals surface area (Å²) in [6.07, 6.45) is 4.52. The first-order valence-electron chi connectivity index (χ1n) is 12.1. The van der Waals surface area contributed by atoms with Crippen molar-refractivity contribution in [3.63, 3.8) is 0 Å². The normalized spacial score (nSPS) is 20.9. The van der Waals surface area contributed by atoms with Crippen LogP contribution in [0, 0.1) is 19.8 Å². The standard InChI is InChI=1S/C28H31N5O2/c1-15-11-18(27(29)33-30-3)12-16(2)26(15)21-6-4-5-20-19(21)8-9-24(20)32-25-10-7-17(14-31-25)22-13-23(22)28(34)35/h4-7,10-12,14,22-24,30H,8-9,13H2,1-3H3,(H2,29,33)(H,31,32)(H,34,35)/t22-,23?,24+/m0/s1. The van der Waals surface area contributed by atoms with E-state index in [-0.39, 0.29) is 17.9 Å². The zero-order valence-electron chi connectivity index (χ0n) is 20.3. The van der Waals surface area contributed by atoms with E-state index in [1.807, 2.05) is 18.3 Å². The predicted octanol–water partition coefficient (Wildman–Crippen LogP) is 4.49. The summed E-state index contributed by atoms with van der Waals surface area (Å²) in [4.78, 5) is 15.7. The number of hydrogen-bond acceptors (Lipinski definition) is 5. The fourth-order valence-corrected chi connectivity index (χ4v) is 5.48. The van der Waals surface area contributed by atoms with Gasteiger partial charge in [0.2, 0.25) is 0 Å². The van der Waals surface area contributed by atoms with E-state index < -0.39 is 5.97 Å². The Balaban J connectivity index is 1.39. The van der Waals surface area contributed by atoms with Crippen LogP contribution in [0.2, 0.25) is 0 Å². The largest absolute Gasteiger partial charge is 0.481 e. The number of rotatable bonds is 7. The molecule has 3 atom stereocenters. The van der Waals surface area contributed by atoms with Gasteiger partial charge in [0, 0.05) is 18.8 Å². The van der Waals surface area contributed by atoms with Crippen molar-refractivity contribution < 1.29 is 9.90 Å². The van der Waals surface area contributed by atoms with Gasteiger partial charge in [0.25, 0.3) is 0 Å². The first kappa shape index (κ1) is 22.9. The van der Waals surface area contributed by atoms with Crippen molar-refractivity contribution in [1.82, 2.24) is 10.4 Å². The van der Waals surface area contributed by atoms with Gasteiger partial charge < -0.3 is 21.6 Å². The van der Waals surface area contributed by atoms with Crippen LogP contribution in [0.3, 0.4) is 0 Å². The average Bonchev–Trinajstić information content (AvgIpc) is 3.54. The zero-order valence-corrected chi connectivity index (χ0v) is 20.3. The van der Waals surface area contributed by atoms with Gasteiger partial charge in [-0.15, -0.1) is 0 Å². The van der Waals surface area contributed by atoms with Crippen molar-refractivity contribution >= 4 is 17.6 Å². The molecule has 0 aliphatic heterocycles. The molecule has 0 amide bonds. The molecule has 180 valence electrons. The number of pyridine rings is 1. The molecule has 0 radical (unpaired) electrons. The third-order valence-electron chi connectivity index (χ3n) is 7.24. The Morgan fingerprint density at radius 3 is 2.57 bits per heavy atom. The number of carboxylic acid groups (broad SMARTS) is 1. The van der Waals surface area contributed by atoms with E-state index in [0.717, 1.165) is 29.8 Å². The van der Waals surface area contributed by atoms with Crippen LogP contribution < -0.4 is 16.5 Å². The average molecular weight is 470 g/mol. The number of nitrogens with one attached hydrogen (secondary N) is 2. The zero-order chi connectivity index (χ0) is 24.7. The van der Waals surface area contributed by atoms with Gasteiger partial charge in [0.05, 0.1) is 12.0 Å². The van der Waals surface area contributed by atoms with Gasteiger partial charge in [-0.1, -0.05) is 24.3 Å². The van der Waals surface area contributed by atoms with Gasteiger partial charge in [-0.05, 0) is 96.2 Å². The van der Waals surface area contributed by atoms with Gasteiger partial charge in [-0.25, -0.2) is 4.98 Å². The second-order valence-corrected chi connectivity index (χ2v) is 9.58. The monoisotopic (exact) mass is 469 g/mol. The molecule has 0 saturated heterocycles. The molecule has 3 aromatic rings. The van der Waals surface area contributed by atoms with E-state index in [4.69, 9.17) is 5.73 Å². The molecule has 1 saturated carbocycles. The fraction of sp³-hybridized carbons (Fsp3) is 0.321. The van der Waals surface area contributed by atoms with E-state index in [0.29, 0.717) is 12.3 Å². The second kappa shape index (κ2) is 9.06. The third kappa shape index (κ3) is 4.34. The number of hydrogen-bond donors (Lipinski definition) is 4. The summed E-state index contributed by atoms with van der Waals surface area (Å²) in [6.45, 7) is 4.26. The topological polar surface area (TPSA) is 113 Å². The predicted molar refractivity (Wildman–Crippen MR) is 139 cm³/mol. The highest BCUT2D eigenvalue weighted by Crippen LogP contribution is 2.47. The molecule has 1 fully saturated rings. The minimum Gasteiger partial charge on any atom is -0.481 e. The molecule has 2 aromatic carbocycles. The maximum absolute atomic E-state index is 11.2. The van der Waals surface area contributed by atoms with E-state index >= 15 is 0 Å². The Morgan fingerprint density at radius 1 is 1.17 bits per heavy atom. The minimum absolute atomic E-state index is 0.0986. The Hall–Kier alpha value is -3.87. The number of aromatic nitrogens is 1. The Labute approximate surface area is 205 Å². The molecule has 0 bridgehead atoms. The number of fused-ring (bicyclic) bond motifs is 1. The number of carboxylic acids is 1. The number of carbonyl (C=O) groups is 1. The molecule has 0 spiro atoms. The number of nitrogens with zero attached hydrogens (tertiary/aromatic N) is 2. The fourth-order valence-electron chi connectivity index (χ4n) is 5.48. The Kier molecular flexibility index (Phi) is 5.93. The highest BCUT2D eigenvalue weighted by molar-refractivity contribution is 5.98. The number of aryl methyl sites for hydroxylation is 2. The van der Waals surface area contributed by atoms with E-state index in [2.05, 4.69) is 65.0 Å². The minimum atomic E-state index is -0.717. The van der Waals surface area contributed by atoms with Crippen molar-refractivity contribution in [3.8, 4) is 11.1 Å². The van der Waals surface area contributed by atoms with Gasteiger partial charge in [-0.2, -0.15) is 5.10 Å². The van der Waals surface area contributed by atoms with E-state index in [1.54, 1.807) is 7.05 Å². The number of aliphatic carboxylic acids is 1. The quantitative estimate of drug-likeness (QED) is 0.230. The van der Waals surface area contributed by atoms with Crippen molar-refractivity contribution in [2.75, 3.05) is 12.4 Å². The molecule has 35 heavy (non-hydrogen) atoms. The van der Waals surface area contributed by atoms with Crippen molar-refractivity contribution in [2.24, 2.45) is 16.8 Å². The van der Waals surface area contributed by atoms with Crippen molar-refractivity contribution in [1.29, 1.82) is 0 Å². The van der Waals surface area contributed by atoms with Crippen LogP contribution in [0.4, 0.5) is 5.82 Å². The third-order valence-corrected chi connectivity index (χ3v) is 7.24. The van der Waals surface area contributed by atoms with Crippen LogP contribution in [0.5, 0.6) is 0 Å². The number of benzene rings is 2. The SMILES string of the molecule is CN/N=C(\N)c1cc(C)c(-c2cccc3c2CC[C@H]3Nc2ccc([C@@H]3CC3C(=O)O)cn2)c(C)c1. The number of nitrogens with two attached hydrogens (primary N) is 1. The molecule has 2 aliphatic carbocycles. The van der Waals surface area contributed by atoms with Gasteiger partial charge in [0.1, 0.15) is 5.82 Å². The van der Waals surface area contributed by atoms with Crippen molar-refractivity contribution in [3.05, 3.63) is 82.0 Å². The molecule has 5 N–H and O–H groups in total. The molecule has 5 rings (SSSR count). The number of hydrazone groups is 1. The molecule has 1 unspecified atom stereocenters. The van der Waals surface area contributed by atoms with Gasteiger partial charge >= 0.3 is 5.97 Å². The van der Waals surface area contributed by atoms with Gasteiger partial charge in [-0.3, -0.25) is 4.79 Å². The summed E-state index contributed by atoms with van der Waals surface area (Å²) < 4.78 is 0. The Morgan fingerprint density at radius 2 is 1.94 bits per heavy atom. The maximum Gasteiger partial charge on any atom is 0.307 e. The number of amidine groups is 1. The molecule has 1 heterocycles. The van der Waals surface area contributed by atoms with E-state index in [1.165, 1.54) is 33.4 Å². The molecular weight excluding hydrogens is 438 g/mol. The van der Waals surface area contributed by atoms with Crippen LogP contribution in [-0.4, -0.2) is 28.9 Å². The molecule has 2 aliphatic rings. The summed E-state index contributed by atoms with van der Waals surface area (Å²) in [7, 11) is 1.74. The summed E-state index contributed by atoms with van der Waals surface area (Å²) >= 11 is 0. The number of anilines is 1. The smallest absolute Gasteiger partial charge is 0.307 e. The van der Waals surface area contributed by atoms with Crippen LogP contribution in [0.15, 0.2) is 53.8 Å². The lowest BCUT2D eigenvalue weighted by Gasteiger charge is -2.18. The first-order chi connectivity index (χ1) is 16.9. The van der Waals surface area contributed by atoms with Gasteiger partial charge in [0.15, 0.2) is 5.84 Å². The first-order valence-corrected chi connectivity index (χ1v) is 12.1. The second-order valence-electron chi connectivity index (χ2n) is 9.58. The Bertz CT molecular complexity index is 1290. The van der Waals surface area contributed by atoms with Crippen molar-refractivity contribution in [2.45, 2.75) is 45.1 Å². The highest BCUT2D eigenvalue weighted by atomic mass is 16.4. The maximum atomic E-state index is 11.2. The lowest BCUT2D eigenvalue weighted by molar-refractivity contribution is -0.138. The molecule has 7 nitrogen and oxygen atoms in total. The summed E-state index contributed by atoms with van der Waals surface area (Å²) in [5, 5.41) is 16.9. The van der Waals surface area contributed by atoms with Crippen LogP contribution in [0.25, 0.3) is 11.1 Å². The summed E-state index contributed by atoms with van der Waals surface area (Å²) in [5.41, 5.74) is 18.3. The summed E-state index contributed by atoms with van der Waals surface area (Å²) in [5.74, 6) is 0.419. The van der Waals surface area contributed by atoms with Crippen LogP contribution in [0.1, 0.15) is 58.2 Å². The lowest BCUT2D eigenvalue weighted by Crippen LogP contribution is -2.17. The molecule has 1 aromatic heterocycles. The van der Waals surface area contributed by atoms with Crippen LogP contribution >= 0.6 is 0 Å². The molecule has 7 heteroatoms.